The van der Waals surface area contributed by atoms with E-state index in [2.05, 4.69) is 17.5 Å². The third kappa shape index (κ3) is 7.09. The second-order valence-electron chi connectivity index (χ2n) is 7.30. The summed E-state index contributed by atoms with van der Waals surface area (Å²) in [6.07, 6.45) is 3.61. The molecule has 32 heavy (non-hydrogen) atoms. The van der Waals surface area contributed by atoms with Crippen LogP contribution >= 0.6 is 0 Å². The third-order valence-corrected chi connectivity index (χ3v) is 4.61. The number of nitrogens with one attached hydrogen (secondary N) is 1. The predicted octanol–water partition coefficient (Wildman–Crippen LogP) is 4.70. The molecule has 6 heteroatoms. The summed E-state index contributed by atoms with van der Waals surface area (Å²) in [7, 11) is 0. The van der Waals surface area contributed by atoms with Gasteiger partial charge in [-0.2, -0.15) is 5.10 Å². The maximum absolute atomic E-state index is 12.2. The van der Waals surface area contributed by atoms with Gasteiger partial charge >= 0.3 is 5.97 Å². The number of nitrogens with zero attached hydrogens (tertiary/aromatic N) is 1. The maximum atomic E-state index is 12.2. The molecule has 3 aromatic carbocycles. The van der Waals surface area contributed by atoms with E-state index in [-0.39, 0.29) is 12.5 Å². The van der Waals surface area contributed by atoms with Gasteiger partial charge in [-0.15, -0.1) is 0 Å². The lowest BCUT2D eigenvalue weighted by Gasteiger charge is -2.06. The summed E-state index contributed by atoms with van der Waals surface area (Å²) in [5.41, 5.74) is 5.97. The van der Waals surface area contributed by atoms with Gasteiger partial charge in [0.2, 0.25) is 0 Å². The van der Waals surface area contributed by atoms with Crippen LogP contribution in [-0.2, 0) is 11.2 Å². The summed E-state index contributed by atoms with van der Waals surface area (Å²) in [6, 6.07) is 21.7. The molecule has 0 aromatic heterocycles. The molecule has 3 rings (SSSR count). The Balaban J connectivity index is 1.43. The van der Waals surface area contributed by atoms with Crippen molar-refractivity contribution in [1.29, 1.82) is 0 Å². The van der Waals surface area contributed by atoms with Crippen LogP contribution in [0, 0.1) is 6.92 Å². The van der Waals surface area contributed by atoms with E-state index in [1.165, 1.54) is 11.8 Å². The minimum Gasteiger partial charge on any atom is -0.484 e. The molecule has 0 bridgehead atoms. The first kappa shape index (κ1) is 22.7. The van der Waals surface area contributed by atoms with Gasteiger partial charge in [0.25, 0.3) is 5.91 Å². The van der Waals surface area contributed by atoms with Gasteiger partial charge in [0, 0.05) is 0 Å². The van der Waals surface area contributed by atoms with Crippen LogP contribution in [-0.4, -0.2) is 24.7 Å². The molecule has 0 saturated heterocycles. The number of esters is 1. The smallest absolute Gasteiger partial charge is 0.343 e. The maximum Gasteiger partial charge on any atom is 0.343 e. The van der Waals surface area contributed by atoms with E-state index in [0.29, 0.717) is 17.1 Å². The molecule has 1 N–H and O–H groups in total. The molecular weight excluding hydrogens is 404 g/mol. The highest BCUT2D eigenvalue weighted by molar-refractivity contribution is 5.91. The first-order chi connectivity index (χ1) is 15.5. The highest BCUT2D eigenvalue weighted by Gasteiger charge is 2.08. The molecule has 0 aliphatic carbocycles. The fourth-order valence-electron chi connectivity index (χ4n) is 2.88. The molecule has 1 amide bonds. The van der Waals surface area contributed by atoms with E-state index in [4.69, 9.17) is 9.47 Å². The standard InChI is InChI=1S/C26H26N2O4/c1-3-4-20-7-13-23(14-8-20)31-18-25(29)28-27-17-21-9-15-24(16-10-21)32-26(30)22-11-5-19(2)6-12-22/h5-17H,3-4,18H2,1-2H3,(H,28,29). The van der Waals surface area contributed by atoms with Crippen LogP contribution in [0.25, 0.3) is 0 Å². The highest BCUT2D eigenvalue weighted by atomic mass is 16.5. The molecule has 0 saturated carbocycles. The lowest BCUT2D eigenvalue weighted by atomic mass is 10.1. The lowest BCUT2D eigenvalue weighted by Crippen LogP contribution is -2.24. The van der Waals surface area contributed by atoms with Crippen LogP contribution in [0.1, 0.15) is 40.4 Å². The second-order valence-corrected chi connectivity index (χ2v) is 7.30. The number of aryl methyl sites for hydroxylation is 2. The molecule has 3 aromatic rings. The first-order valence-electron chi connectivity index (χ1n) is 10.5. The zero-order valence-electron chi connectivity index (χ0n) is 18.2. The van der Waals surface area contributed by atoms with Gasteiger partial charge in [-0.1, -0.05) is 43.2 Å². The fourth-order valence-corrected chi connectivity index (χ4v) is 2.88. The number of benzene rings is 3. The van der Waals surface area contributed by atoms with Gasteiger partial charge in [-0.3, -0.25) is 4.79 Å². The Morgan fingerprint density at radius 2 is 1.56 bits per heavy atom. The Labute approximate surface area is 187 Å². The van der Waals surface area contributed by atoms with Crippen molar-refractivity contribution in [3.8, 4) is 11.5 Å². The van der Waals surface area contributed by atoms with Crippen LogP contribution in [0.4, 0.5) is 0 Å². The van der Waals surface area contributed by atoms with Crippen LogP contribution < -0.4 is 14.9 Å². The van der Waals surface area contributed by atoms with E-state index < -0.39 is 5.97 Å². The summed E-state index contributed by atoms with van der Waals surface area (Å²) in [5.74, 6) is 0.288. The number of rotatable bonds is 9. The van der Waals surface area contributed by atoms with E-state index in [1.54, 1.807) is 36.4 Å². The number of carbonyl (C=O) groups is 2. The van der Waals surface area contributed by atoms with Crippen LogP contribution in [0.3, 0.4) is 0 Å². The molecular formula is C26H26N2O4. The number of hydrazone groups is 1. The topological polar surface area (TPSA) is 77.0 Å². The van der Waals surface area contributed by atoms with Crippen molar-refractivity contribution in [2.75, 3.05) is 6.61 Å². The first-order valence-corrected chi connectivity index (χ1v) is 10.5. The van der Waals surface area contributed by atoms with Gasteiger partial charge in [0.15, 0.2) is 6.61 Å². The summed E-state index contributed by atoms with van der Waals surface area (Å²) in [6.45, 7) is 3.96. The van der Waals surface area contributed by atoms with Gasteiger partial charge in [0.1, 0.15) is 11.5 Å². The van der Waals surface area contributed by atoms with Crippen molar-refractivity contribution < 1.29 is 19.1 Å². The van der Waals surface area contributed by atoms with Crippen LogP contribution in [0.5, 0.6) is 11.5 Å². The molecule has 0 heterocycles. The Bertz CT molecular complexity index is 1060. The predicted molar refractivity (Wildman–Crippen MR) is 124 cm³/mol. The largest absolute Gasteiger partial charge is 0.484 e. The van der Waals surface area contributed by atoms with Crippen molar-refractivity contribution in [1.82, 2.24) is 5.43 Å². The molecule has 164 valence electrons. The molecule has 0 aliphatic rings. The van der Waals surface area contributed by atoms with Crippen molar-refractivity contribution in [2.24, 2.45) is 5.10 Å². The summed E-state index contributed by atoms with van der Waals surface area (Å²) in [5, 5.41) is 3.93. The Kier molecular flexibility index (Phi) is 8.15. The summed E-state index contributed by atoms with van der Waals surface area (Å²) in [4.78, 5) is 24.1. The minimum absolute atomic E-state index is 0.127. The van der Waals surface area contributed by atoms with E-state index in [9.17, 15) is 9.59 Å². The molecule has 0 radical (unpaired) electrons. The molecule has 0 fully saturated rings. The van der Waals surface area contributed by atoms with Crippen molar-refractivity contribution >= 4 is 18.1 Å². The lowest BCUT2D eigenvalue weighted by molar-refractivity contribution is -0.123. The molecule has 6 nitrogen and oxygen atoms in total. The van der Waals surface area contributed by atoms with Gasteiger partial charge in [-0.05, 0) is 73.0 Å². The van der Waals surface area contributed by atoms with E-state index in [0.717, 1.165) is 24.0 Å². The van der Waals surface area contributed by atoms with Crippen molar-refractivity contribution in [3.63, 3.8) is 0 Å². The highest BCUT2D eigenvalue weighted by Crippen LogP contribution is 2.15. The second kappa shape index (κ2) is 11.5. The third-order valence-electron chi connectivity index (χ3n) is 4.61. The van der Waals surface area contributed by atoms with Crippen molar-refractivity contribution in [2.45, 2.75) is 26.7 Å². The van der Waals surface area contributed by atoms with Crippen LogP contribution in [0.15, 0.2) is 77.9 Å². The Morgan fingerprint density at radius 3 is 2.22 bits per heavy atom. The fraction of sp³-hybridized carbons (Fsp3) is 0.192. The van der Waals surface area contributed by atoms with Gasteiger partial charge < -0.3 is 9.47 Å². The average molecular weight is 431 g/mol. The number of ether oxygens (including phenoxy) is 2. The Morgan fingerprint density at radius 1 is 0.906 bits per heavy atom. The monoisotopic (exact) mass is 430 g/mol. The number of carbonyl (C=O) groups excluding carboxylic acids is 2. The minimum atomic E-state index is -0.418. The molecule has 0 unspecified atom stereocenters. The number of hydrogen-bond donors (Lipinski definition) is 1. The summed E-state index contributed by atoms with van der Waals surface area (Å²) < 4.78 is 10.8. The van der Waals surface area contributed by atoms with E-state index >= 15 is 0 Å². The number of hydrogen-bond acceptors (Lipinski definition) is 5. The quantitative estimate of drug-likeness (QED) is 0.231. The SMILES string of the molecule is CCCc1ccc(OCC(=O)NN=Cc2ccc(OC(=O)c3ccc(C)cc3)cc2)cc1. The van der Waals surface area contributed by atoms with E-state index in [1.807, 2.05) is 43.3 Å². The molecule has 0 atom stereocenters. The van der Waals surface area contributed by atoms with Crippen LogP contribution in [0.2, 0.25) is 0 Å². The average Bonchev–Trinajstić information content (AvgIpc) is 2.80. The molecule has 0 aliphatic heterocycles. The zero-order valence-corrected chi connectivity index (χ0v) is 18.2. The zero-order chi connectivity index (χ0) is 22.8. The number of amides is 1. The normalized spacial score (nSPS) is 10.7. The van der Waals surface area contributed by atoms with Crippen molar-refractivity contribution in [3.05, 3.63) is 95.1 Å². The Hall–Kier alpha value is -3.93. The van der Waals surface area contributed by atoms with Gasteiger partial charge in [0.05, 0.1) is 11.8 Å². The van der Waals surface area contributed by atoms with Gasteiger partial charge in [-0.25, -0.2) is 10.2 Å². The molecule has 0 spiro atoms. The summed E-state index contributed by atoms with van der Waals surface area (Å²) >= 11 is 0.